The molecule has 0 unspecified atom stereocenters. The number of carbonyl (C=O) groups excluding carboxylic acids is 1. The molecule has 1 aromatic carbocycles. The highest BCUT2D eigenvalue weighted by Crippen LogP contribution is 2.01. The first kappa shape index (κ1) is 10.4. The Kier molecular flexibility index (Phi) is 3.01. The Bertz CT molecular complexity index is 374. The minimum absolute atomic E-state index is 0.0602. The molecule has 0 saturated carbocycles. The van der Waals surface area contributed by atoms with Crippen LogP contribution in [0.15, 0.2) is 18.2 Å². The summed E-state index contributed by atoms with van der Waals surface area (Å²) < 4.78 is 0. The van der Waals surface area contributed by atoms with Crippen molar-refractivity contribution in [1.82, 2.24) is 0 Å². The Hall–Kier alpha value is -1.66. The molecule has 0 aliphatic carbocycles. The van der Waals surface area contributed by atoms with Crippen LogP contribution in [0, 0.1) is 0 Å². The minimum atomic E-state index is -1.85. The molecule has 1 aromatic rings. The molecule has 0 radical (unpaired) electrons. The van der Waals surface area contributed by atoms with Crippen LogP contribution >= 0.6 is 0 Å². The highest BCUT2D eigenvalue weighted by molar-refractivity contribution is 6.60. The van der Waals surface area contributed by atoms with Gasteiger partial charge in [-0.05, 0) is 17.6 Å². The summed E-state index contributed by atoms with van der Waals surface area (Å²) in [5.74, 6) is -1.19. The second kappa shape index (κ2) is 4.04. The third-order valence-electron chi connectivity index (χ3n) is 1.74. The van der Waals surface area contributed by atoms with E-state index in [1.54, 1.807) is 0 Å². The zero-order valence-corrected chi connectivity index (χ0v) is 7.04. The second-order valence-corrected chi connectivity index (χ2v) is 2.64. The van der Waals surface area contributed by atoms with Crippen LogP contribution < -0.4 is 5.46 Å². The molecule has 72 valence electrons. The van der Waals surface area contributed by atoms with Crippen LogP contribution in [0.3, 0.4) is 0 Å². The van der Waals surface area contributed by atoms with Crippen molar-refractivity contribution in [3.05, 3.63) is 29.3 Å². The highest BCUT2D eigenvalue weighted by Gasteiger charge is 2.17. The van der Waals surface area contributed by atoms with Crippen molar-refractivity contribution in [2.75, 3.05) is 0 Å². The molecule has 1 rings (SSSR count). The standard InChI is InChI=1S/C8H7BO5/c10-4-6-2-1-5(8(11)12)3-7(6)9(13)14/h1-4,13-14H,(H,11,12). The molecular weight excluding hydrogens is 187 g/mol. The number of aromatic carboxylic acids is 1. The van der Waals surface area contributed by atoms with Gasteiger partial charge in [0, 0.05) is 5.56 Å². The maximum absolute atomic E-state index is 10.5. The van der Waals surface area contributed by atoms with E-state index >= 15 is 0 Å². The number of hydrogen-bond donors (Lipinski definition) is 3. The molecule has 0 atom stereocenters. The van der Waals surface area contributed by atoms with Gasteiger partial charge >= 0.3 is 13.1 Å². The van der Waals surface area contributed by atoms with E-state index < -0.39 is 13.1 Å². The summed E-state index contributed by atoms with van der Waals surface area (Å²) in [6.45, 7) is 0. The molecule has 0 bridgehead atoms. The summed E-state index contributed by atoms with van der Waals surface area (Å²) in [4.78, 5) is 21.0. The minimum Gasteiger partial charge on any atom is -0.478 e. The Morgan fingerprint density at radius 1 is 1.36 bits per heavy atom. The van der Waals surface area contributed by atoms with E-state index in [4.69, 9.17) is 15.2 Å². The van der Waals surface area contributed by atoms with Gasteiger partial charge in [-0.2, -0.15) is 0 Å². The summed E-state index contributed by atoms with van der Waals surface area (Å²) in [7, 11) is -1.85. The average Bonchev–Trinajstić information content (AvgIpc) is 2.16. The van der Waals surface area contributed by atoms with Crippen molar-refractivity contribution in [2.24, 2.45) is 0 Å². The van der Waals surface area contributed by atoms with Gasteiger partial charge in [0.2, 0.25) is 0 Å². The van der Waals surface area contributed by atoms with Gasteiger partial charge in [0.15, 0.2) is 0 Å². The quantitative estimate of drug-likeness (QED) is 0.418. The fraction of sp³-hybridized carbons (Fsp3) is 0. The predicted octanol–water partition coefficient (Wildman–Crippen LogP) is -1.12. The zero-order chi connectivity index (χ0) is 10.7. The van der Waals surface area contributed by atoms with Gasteiger partial charge in [0.05, 0.1) is 5.56 Å². The number of rotatable bonds is 3. The second-order valence-electron chi connectivity index (χ2n) is 2.64. The van der Waals surface area contributed by atoms with Gasteiger partial charge in [-0.25, -0.2) is 4.79 Å². The van der Waals surface area contributed by atoms with Crippen LogP contribution in [-0.4, -0.2) is 34.5 Å². The Morgan fingerprint density at radius 2 is 2.00 bits per heavy atom. The summed E-state index contributed by atoms with van der Waals surface area (Å²) >= 11 is 0. The molecule has 14 heavy (non-hydrogen) atoms. The molecule has 5 nitrogen and oxygen atoms in total. The van der Waals surface area contributed by atoms with Gasteiger partial charge in [-0.3, -0.25) is 4.79 Å². The number of aldehydes is 1. The van der Waals surface area contributed by atoms with Gasteiger partial charge in [0.1, 0.15) is 6.29 Å². The largest absolute Gasteiger partial charge is 0.489 e. The molecule has 3 N–H and O–H groups in total. The zero-order valence-electron chi connectivity index (χ0n) is 7.04. The van der Waals surface area contributed by atoms with Gasteiger partial charge < -0.3 is 15.2 Å². The molecule has 0 saturated heterocycles. The van der Waals surface area contributed by atoms with Crippen LogP contribution in [0.5, 0.6) is 0 Å². The number of hydrogen-bond acceptors (Lipinski definition) is 4. The van der Waals surface area contributed by atoms with E-state index in [1.165, 1.54) is 12.1 Å². The van der Waals surface area contributed by atoms with E-state index in [0.29, 0.717) is 6.29 Å². The highest BCUT2D eigenvalue weighted by atomic mass is 16.4. The van der Waals surface area contributed by atoms with Crippen LogP contribution in [-0.2, 0) is 0 Å². The van der Waals surface area contributed by atoms with E-state index in [9.17, 15) is 9.59 Å². The van der Waals surface area contributed by atoms with Crippen molar-refractivity contribution < 1.29 is 24.7 Å². The SMILES string of the molecule is O=Cc1ccc(C(=O)O)cc1B(O)O. The Morgan fingerprint density at radius 3 is 2.43 bits per heavy atom. The molecule has 6 heteroatoms. The van der Waals surface area contributed by atoms with E-state index in [0.717, 1.165) is 6.07 Å². The Labute approximate surface area is 79.8 Å². The Balaban J connectivity index is 3.27. The predicted molar refractivity (Wildman–Crippen MR) is 48.6 cm³/mol. The maximum Gasteiger partial charge on any atom is 0.489 e. The van der Waals surface area contributed by atoms with Crippen molar-refractivity contribution in [3.8, 4) is 0 Å². The van der Waals surface area contributed by atoms with Crippen molar-refractivity contribution >= 4 is 24.8 Å². The lowest BCUT2D eigenvalue weighted by atomic mass is 9.76. The summed E-state index contributed by atoms with van der Waals surface area (Å²) in [5, 5.41) is 26.3. The molecule has 0 aliphatic rings. The first-order valence-electron chi connectivity index (χ1n) is 3.75. The van der Waals surface area contributed by atoms with E-state index in [1.807, 2.05) is 0 Å². The van der Waals surface area contributed by atoms with Crippen molar-refractivity contribution in [3.63, 3.8) is 0 Å². The molecule has 0 heterocycles. The monoisotopic (exact) mass is 194 g/mol. The summed E-state index contributed by atoms with van der Waals surface area (Å²) in [6.07, 6.45) is 0.431. The normalized spacial score (nSPS) is 9.57. The fourth-order valence-corrected chi connectivity index (χ4v) is 1.04. The molecule has 0 fully saturated rings. The van der Waals surface area contributed by atoms with Gasteiger partial charge in [0.25, 0.3) is 0 Å². The molecule has 0 spiro atoms. The van der Waals surface area contributed by atoms with Crippen molar-refractivity contribution in [1.29, 1.82) is 0 Å². The lowest BCUT2D eigenvalue weighted by molar-refractivity contribution is 0.0696. The summed E-state index contributed by atoms with van der Waals surface area (Å²) in [6, 6.07) is 3.50. The van der Waals surface area contributed by atoms with Crippen LogP contribution in [0.1, 0.15) is 20.7 Å². The fourth-order valence-electron chi connectivity index (χ4n) is 1.04. The van der Waals surface area contributed by atoms with Gasteiger partial charge in [-0.15, -0.1) is 0 Å². The molecule has 0 aromatic heterocycles. The lowest BCUT2D eigenvalue weighted by Crippen LogP contribution is -2.33. The van der Waals surface area contributed by atoms with E-state index in [-0.39, 0.29) is 16.6 Å². The third-order valence-corrected chi connectivity index (χ3v) is 1.74. The van der Waals surface area contributed by atoms with Gasteiger partial charge in [-0.1, -0.05) is 6.07 Å². The first-order valence-corrected chi connectivity index (χ1v) is 3.75. The molecule has 0 amide bonds. The van der Waals surface area contributed by atoms with Crippen LogP contribution in [0.25, 0.3) is 0 Å². The third kappa shape index (κ3) is 1.98. The molecular formula is C8H7BO5. The summed E-state index contributed by atoms with van der Waals surface area (Å²) in [5.41, 5.74) is -0.149. The number of carbonyl (C=O) groups is 2. The number of carboxylic acid groups (broad SMARTS) is 1. The van der Waals surface area contributed by atoms with Crippen molar-refractivity contribution in [2.45, 2.75) is 0 Å². The number of benzene rings is 1. The smallest absolute Gasteiger partial charge is 0.478 e. The lowest BCUT2D eigenvalue weighted by Gasteiger charge is -2.04. The molecule has 0 aliphatic heterocycles. The maximum atomic E-state index is 10.5. The van der Waals surface area contributed by atoms with Crippen LogP contribution in [0.4, 0.5) is 0 Å². The topological polar surface area (TPSA) is 94.8 Å². The first-order chi connectivity index (χ1) is 6.56. The number of carboxylic acids is 1. The van der Waals surface area contributed by atoms with E-state index in [2.05, 4.69) is 0 Å². The average molecular weight is 194 g/mol. The van der Waals surface area contributed by atoms with Crippen LogP contribution in [0.2, 0.25) is 0 Å².